The number of aliphatic hydroxyl groups excluding tert-OH is 2. The van der Waals surface area contributed by atoms with E-state index in [1.807, 2.05) is 200 Å². The zero-order valence-electron chi connectivity index (χ0n) is 71.4. The molecule has 1 saturated heterocycles. The number of benzene rings is 7. The van der Waals surface area contributed by atoms with Crippen LogP contribution in [0.5, 0.6) is 0 Å². The average molecular weight is 1810 g/mol. The van der Waals surface area contributed by atoms with E-state index in [1.165, 1.54) is 35.2 Å². The fourth-order valence-corrected chi connectivity index (χ4v) is 11.9. The number of aliphatic hydroxyl groups is 2. The number of hydrogen-bond acceptors (Lipinski definition) is 16. The molecule has 7 aromatic rings. The maximum atomic E-state index is 13.7. The standard InChI is InChI=1S/C14H19NO3S.C13H16ClN.2C13H16FN.2C13H17NO.C13H16N.CH3ClO2S.CH4O3S.2ClH.FH.H2/c1-4-10-15(2)14(12-18-19(3,16)17)11-13-8-6-5-7-9-13;1-3-9-15(2)11-13(14)10-12-7-5-4-6-8-12;1-3-9-15(2)13(11-14)10-12-7-5-4-6-8-12;1-3-4-10-15(2)13(14)11-12-8-6-5-7-9-12;2*1-3-9-14(2)13(11-15)10-12-7-5-4-6-8-12;1-3-9-14(2)11-13(14)10-12-7-5-4-6-8-12;2*1-5(2,3)4;;;;/h1,5-9,14H,10-12H2,2-3H3;2*1,4-8,13H,9-11H2,2H3;1,5-9,13H,4,10-11H2,2H3;2*1,4-8,13,15H,9-11H2,2H3;1,4-8,13H,9-11H2,2H3;1H3;1H3,(H,2,3,4);4*1H/q;;;;;;+1;;;;;;/p-2/t14-;5*13-;13-,14?;;;;;;/m0100000....../s1/i;;2*14-1;;;;;;;;;. The topological polar surface area (TPSA) is 195 Å². The largest absolute Gasteiger partial charge is 1.00 e. The molecule has 1 fully saturated rings. The van der Waals surface area contributed by atoms with Crippen molar-refractivity contribution in [1.29, 1.82) is 0 Å². The predicted octanol–water partition coefficient (Wildman–Crippen LogP) is 9.32. The molecule has 1 aliphatic heterocycles. The van der Waals surface area contributed by atoms with E-state index in [1.54, 1.807) is 11.9 Å². The van der Waals surface area contributed by atoms with Crippen LogP contribution < -0.4 is 12.4 Å². The van der Waals surface area contributed by atoms with Crippen molar-refractivity contribution in [2.24, 2.45) is 0 Å². The summed E-state index contributed by atoms with van der Waals surface area (Å²) in [4.78, 5) is 11.5. The lowest BCUT2D eigenvalue weighted by Gasteiger charge is -2.25. The van der Waals surface area contributed by atoms with Gasteiger partial charge in [0.05, 0.1) is 87.6 Å². The second kappa shape index (κ2) is 70.2. The van der Waals surface area contributed by atoms with Gasteiger partial charge in [-0.1, -0.05) is 242 Å². The summed E-state index contributed by atoms with van der Waals surface area (Å²) in [5.74, 6) is 18.1. The first-order valence-corrected chi connectivity index (χ1v) is 44.8. The highest BCUT2D eigenvalue weighted by molar-refractivity contribution is 8.13. The first kappa shape index (κ1) is 119. The summed E-state index contributed by atoms with van der Waals surface area (Å²) >= 11 is 6.24. The quantitative estimate of drug-likeness (QED) is 0.00557. The van der Waals surface area contributed by atoms with Gasteiger partial charge in [0.25, 0.3) is 10.1 Å². The van der Waals surface area contributed by atoms with Crippen LogP contribution in [-0.4, -0.2) is 269 Å². The summed E-state index contributed by atoms with van der Waals surface area (Å²) in [5.41, 5.74) is 8.42. The Bertz CT molecular complexity index is 4260. The van der Waals surface area contributed by atoms with Gasteiger partial charge >= 0.3 is 0 Å². The van der Waals surface area contributed by atoms with Gasteiger partial charge in [-0.3, -0.25) is 38.3 Å². The molecule has 0 bridgehead atoms. The number of halogens is 7. The van der Waals surface area contributed by atoms with E-state index in [0.717, 1.165) is 72.1 Å². The zero-order chi connectivity index (χ0) is 88.8. The fraction of sp³-hybridized carbons (Fsp3) is 0.404. The van der Waals surface area contributed by atoms with Crippen molar-refractivity contribution >= 4 is 64.0 Å². The molecule has 1 unspecified atom stereocenters. The van der Waals surface area contributed by atoms with Crippen molar-refractivity contribution in [3.8, 4) is 86.4 Å². The number of hydrogen-bond donors (Lipinski definition) is 2. The molecule has 0 aromatic heterocycles. The van der Waals surface area contributed by atoms with E-state index < -0.39 is 35.6 Å². The highest BCUT2D eigenvalue weighted by Crippen LogP contribution is 2.30. The lowest BCUT2D eigenvalue weighted by Crippen LogP contribution is -3.00. The molecule has 27 heteroatoms. The van der Waals surface area contributed by atoms with Gasteiger partial charge in [-0.2, -0.15) is 8.42 Å². The van der Waals surface area contributed by atoms with Crippen LogP contribution in [-0.2, 0) is 78.4 Å². The molecule has 17 nitrogen and oxygen atoms in total. The third-order valence-electron chi connectivity index (χ3n) is 17.8. The summed E-state index contributed by atoms with van der Waals surface area (Å²) < 4.78 is 101. The van der Waals surface area contributed by atoms with E-state index in [4.69, 9.17) is 73.7 Å². The Kier molecular flexibility index (Phi) is 69.2. The van der Waals surface area contributed by atoms with Gasteiger partial charge < -0.3 is 31.7 Å². The third kappa shape index (κ3) is 65.2. The van der Waals surface area contributed by atoms with Crippen molar-refractivity contribution in [2.75, 3.05) is 153 Å². The molecule has 0 radical (unpaired) electrons. The van der Waals surface area contributed by atoms with Gasteiger partial charge in [0.1, 0.15) is 25.8 Å². The highest BCUT2D eigenvalue weighted by Gasteiger charge is 2.50. The van der Waals surface area contributed by atoms with Crippen molar-refractivity contribution in [3.05, 3.63) is 251 Å². The molecule has 8 atom stereocenters. The molecule has 1 heterocycles. The number of nitrogens with zero attached hydrogens (tertiary/aromatic N) is 7. The lowest BCUT2D eigenvalue weighted by atomic mass is 10.1. The number of quaternary nitrogens is 1. The third-order valence-corrected chi connectivity index (χ3v) is 18.7. The second-order valence-corrected chi connectivity index (χ2v) is 35.1. The lowest BCUT2D eigenvalue weighted by molar-refractivity contribution is -0.783. The maximum absolute atomic E-state index is 13.7. The molecule has 2 N–H and O–H groups in total. The van der Waals surface area contributed by atoms with Gasteiger partial charge in [0, 0.05) is 74.9 Å². The normalized spacial score (nSPS) is 14.1. The Labute approximate surface area is 748 Å². The molecular weight excluding hydrogens is 1680 g/mol. The van der Waals surface area contributed by atoms with Gasteiger partial charge in [-0.05, 0) is 119 Å². The molecule has 0 amide bonds. The molecule has 7 aromatic carbocycles. The number of alkyl halides is 3. The summed E-state index contributed by atoms with van der Waals surface area (Å²) in [6.45, 7) is 6.25. The minimum Gasteiger partial charge on any atom is -1.00 e. The van der Waals surface area contributed by atoms with Crippen molar-refractivity contribution in [3.63, 3.8) is 0 Å². The van der Waals surface area contributed by atoms with Crippen LogP contribution in [0.4, 0.5) is 13.5 Å². The first-order valence-electron chi connectivity index (χ1n) is 38.0. The molecule has 666 valence electrons. The van der Waals surface area contributed by atoms with E-state index in [-0.39, 0.29) is 87.0 Å². The Balaban J connectivity index is -0.000000426. The van der Waals surface area contributed by atoms with Crippen LogP contribution >= 0.6 is 34.7 Å². The predicted molar refractivity (Wildman–Crippen MR) is 497 cm³/mol. The fourth-order valence-electron chi connectivity index (χ4n) is 11.1. The van der Waals surface area contributed by atoms with Crippen molar-refractivity contribution in [1.82, 2.24) is 29.4 Å². The number of likely N-dealkylation sites (N-methyl/N-ethyl adjacent to an activating group) is 6. The van der Waals surface area contributed by atoms with Gasteiger partial charge in [0.2, 0.25) is 9.05 Å². The molecule has 8 rings (SSSR count). The first-order chi connectivity index (χ1) is 55.9. The summed E-state index contributed by atoms with van der Waals surface area (Å²) in [5, 5.41) is 18.7. The van der Waals surface area contributed by atoms with Crippen LogP contribution in [0, 0.1) is 86.4 Å². The van der Waals surface area contributed by atoms with Crippen LogP contribution in [0.3, 0.4) is 0 Å². The minimum absolute atomic E-state index is 0. The average Bonchev–Trinajstić information content (AvgIpc) is 1.62. The molecular formula is C94H127Cl4F3N7O10S3-. The molecule has 121 heavy (non-hydrogen) atoms. The summed E-state index contributed by atoms with van der Waals surface area (Å²) in [6.07, 6.45) is 44.4. The Morgan fingerprint density at radius 1 is 0.488 bits per heavy atom. The zero-order valence-corrected chi connectivity index (χ0v) is 76.9. The van der Waals surface area contributed by atoms with Crippen molar-refractivity contribution in [2.45, 2.75) is 93.2 Å². The second-order valence-electron chi connectivity index (χ2n) is 28.4. The highest BCUT2D eigenvalue weighted by atomic mass is 35.7. The Morgan fingerprint density at radius 2 is 0.769 bits per heavy atom. The minimum atomic E-state index is -3.92. The van der Waals surface area contributed by atoms with E-state index in [9.17, 15) is 35.8 Å². The van der Waals surface area contributed by atoms with E-state index in [2.05, 4.69) is 131 Å². The van der Waals surface area contributed by atoms with Crippen LogP contribution in [0.15, 0.2) is 212 Å². The van der Waals surface area contributed by atoms with Gasteiger partial charge in [-0.25, -0.2) is 25.6 Å². The Hall–Kier alpha value is -8.18. The number of rotatable bonds is 35. The molecule has 0 spiro atoms. The molecule has 0 saturated carbocycles. The summed E-state index contributed by atoms with van der Waals surface area (Å²) in [7, 11) is 7.52. The van der Waals surface area contributed by atoms with Crippen LogP contribution in [0.25, 0.3) is 0 Å². The number of terminal acetylenes is 7. The van der Waals surface area contributed by atoms with E-state index >= 15 is 0 Å². The molecule has 0 aliphatic carbocycles. The molecule has 1 aliphatic rings. The van der Waals surface area contributed by atoms with Gasteiger partial charge in [0.15, 0.2) is 6.30 Å². The van der Waals surface area contributed by atoms with Gasteiger partial charge in [-0.15, -0.1) is 74.9 Å². The maximum Gasteiger partial charge on any atom is 0.264 e. The van der Waals surface area contributed by atoms with E-state index in [0.29, 0.717) is 71.2 Å². The van der Waals surface area contributed by atoms with Crippen LogP contribution in [0.2, 0.25) is 0 Å². The summed E-state index contributed by atoms with van der Waals surface area (Å²) in [6, 6.07) is 71.3. The SMILES string of the molecule is C#CCCN(C)[C@H]([18F])Cc1ccccc1.C#CCN(C)C[C@H](Cl)Cc1ccccc1.C#CCN(C)[C@H](CO)Cc1ccccc1.C#CCN(C)[C@H](CO)Cc1ccccc1.C#CCN(C)[C@H](COS(C)(=O)=O)Cc1ccccc1.C#CCN(C)[C@H](C[18F])Cc1ccccc1.C#CC[N+]1(C)C[C@@H]1Cc1ccccc1.CS(=O)(=O)Cl.CS(=O)(=O)[O-].Cl.F.[Cl-].[HH]. The Morgan fingerprint density at radius 3 is 1.06 bits per heavy atom. The van der Waals surface area contributed by atoms with Crippen LogP contribution in [0.1, 0.15) is 46.8 Å². The van der Waals surface area contributed by atoms with Crippen molar-refractivity contribution < 1.29 is 76.0 Å². The monoisotopic (exact) mass is 1800 g/mol. The smallest absolute Gasteiger partial charge is 0.264 e.